The van der Waals surface area contributed by atoms with Crippen LogP contribution in [0.5, 0.6) is 0 Å². The molecule has 0 heterocycles. The first-order valence-electron chi connectivity index (χ1n) is 8.59. The van der Waals surface area contributed by atoms with Crippen LogP contribution in [0.1, 0.15) is 56.1 Å². The second kappa shape index (κ2) is 6.76. The molecule has 1 heteroatoms. The lowest BCUT2D eigenvalue weighted by atomic mass is 9.87. The molecule has 3 rings (SSSR count). The predicted octanol–water partition coefficient (Wildman–Crippen LogP) is 4.49. The first kappa shape index (κ1) is 14.1. The van der Waals surface area contributed by atoms with Crippen molar-refractivity contribution in [2.24, 2.45) is 11.8 Å². The average molecular weight is 271 g/mol. The second-order valence-electron chi connectivity index (χ2n) is 7.07. The molecule has 1 N–H and O–H groups in total. The smallest absolute Gasteiger partial charge is 0.00683 e. The van der Waals surface area contributed by atoms with E-state index in [1.54, 1.807) is 5.56 Å². The van der Waals surface area contributed by atoms with Gasteiger partial charge in [-0.05, 0) is 62.1 Å². The first-order valence-corrected chi connectivity index (χ1v) is 8.59. The maximum absolute atomic E-state index is 3.77. The van der Waals surface area contributed by atoms with Crippen LogP contribution >= 0.6 is 0 Å². The number of aryl methyl sites for hydroxylation is 1. The van der Waals surface area contributed by atoms with Crippen molar-refractivity contribution in [3.8, 4) is 0 Å². The minimum absolute atomic E-state index is 0.833. The fourth-order valence-corrected chi connectivity index (χ4v) is 3.73. The van der Waals surface area contributed by atoms with Crippen LogP contribution in [0, 0.1) is 18.8 Å². The Balaban J connectivity index is 1.58. The summed E-state index contributed by atoms with van der Waals surface area (Å²) in [5.74, 6) is 1.84. The Morgan fingerprint density at radius 1 is 1.10 bits per heavy atom. The van der Waals surface area contributed by atoms with Gasteiger partial charge in [-0.1, -0.05) is 49.9 Å². The molecule has 2 fully saturated rings. The Labute approximate surface area is 124 Å². The molecule has 0 radical (unpaired) electrons. The zero-order chi connectivity index (χ0) is 13.8. The summed E-state index contributed by atoms with van der Waals surface area (Å²) >= 11 is 0. The highest BCUT2D eigenvalue weighted by molar-refractivity contribution is 5.26. The molecule has 1 aromatic carbocycles. The zero-order valence-electron chi connectivity index (χ0n) is 12.9. The molecule has 2 saturated carbocycles. The molecule has 0 saturated heterocycles. The SMILES string of the molecule is Cc1ccccc1CC(CNC1CC1)CC1CCCC1. The Kier molecular flexibility index (Phi) is 4.77. The summed E-state index contributed by atoms with van der Waals surface area (Å²) in [6.07, 6.45) is 11.4. The van der Waals surface area contributed by atoms with Crippen LogP contribution in [0.3, 0.4) is 0 Å². The van der Waals surface area contributed by atoms with Gasteiger partial charge in [0.25, 0.3) is 0 Å². The largest absolute Gasteiger partial charge is 0.314 e. The number of benzene rings is 1. The second-order valence-corrected chi connectivity index (χ2v) is 7.07. The molecular formula is C19H29N. The van der Waals surface area contributed by atoms with Gasteiger partial charge in [0, 0.05) is 6.04 Å². The summed E-state index contributed by atoms with van der Waals surface area (Å²) < 4.78 is 0. The standard InChI is InChI=1S/C19H29N/c1-15-6-2-5-9-18(15)13-17(14-20-19-10-11-19)12-16-7-3-4-8-16/h2,5-6,9,16-17,19-20H,3-4,7-8,10-14H2,1H3. The van der Waals surface area contributed by atoms with E-state index in [1.165, 1.54) is 63.5 Å². The van der Waals surface area contributed by atoms with Crippen LogP contribution in [0.2, 0.25) is 0 Å². The van der Waals surface area contributed by atoms with Crippen LogP contribution in [0.15, 0.2) is 24.3 Å². The highest BCUT2D eigenvalue weighted by Crippen LogP contribution is 2.32. The quantitative estimate of drug-likeness (QED) is 0.770. The number of hydrogen-bond acceptors (Lipinski definition) is 1. The lowest BCUT2D eigenvalue weighted by Gasteiger charge is -2.22. The van der Waals surface area contributed by atoms with Crippen molar-refractivity contribution in [3.05, 3.63) is 35.4 Å². The number of rotatable bonds is 7. The summed E-state index contributed by atoms with van der Waals surface area (Å²) in [6, 6.07) is 9.79. The molecule has 0 aliphatic heterocycles. The minimum Gasteiger partial charge on any atom is -0.314 e. The molecule has 2 aliphatic rings. The molecule has 1 aromatic rings. The monoisotopic (exact) mass is 271 g/mol. The van der Waals surface area contributed by atoms with E-state index in [0.717, 1.165) is 17.9 Å². The summed E-state index contributed by atoms with van der Waals surface area (Å²) in [5.41, 5.74) is 3.03. The molecule has 110 valence electrons. The fraction of sp³-hybridized carbons (Fsp3) is 0.684. The highest BCUT2D eigenvalue weighted by Gasteiger charge is 2.24. The van der Waals surface area contributed by atoms with E-state index in [9.17, 15) is 0 Å². The van der Waals surface area contributed by atoms with Gasteiger partial charge >= 0.3 is 0 Å². The van der Waals surface area contributed by atoms with Crippen molar-refractivity contribution in [2.75, 3.05) is 6.54 Å². The minimum atomic E-state index is 0.833. The van der Waals surface area contributed by atoms with Crippen molar-refractivity contribution in [1.29, 1.82) is 0 Å². The third-order valence-corrected chi connectivity index (χ3v) is 5.18. The van der Waals surface area contributed by atoms with E-state index in [2.05, 4.69) is 36.5 Å². The van der Waals surface area contributed by atoms with E-state index in [0.29, 0.717) is 0 Å². The molecule has 1 nitrogen and oxygen atoms in total. The maximum Gasteiger partial charge on any atom is 0.00683 e. The van der Waals surface area contributed by atoms with Crippen molar-refractivity contribution in [3.63, 3.8) is 0 Å². The van der Waals surface area contributed by atoms with Crippen LogP contribution < -0.4 is 5.32 Å². The number of hydrogen-bond donors (Lipinski definition) is 1. The summed E-state index contributed by atoms with van der Waals surface area (Å²) in [4.78, 5) is 0. The van der Waals surface area contributed by atoms with Gasteiger partial charge < -0.3 is 5.32 Å². The summed E-state index contributed by atoms with van der Waals surface area (Å²) in [6.45, 7) is 3.49. The molecule has 2 aliphatic carbocycles. The molecular weight excluding hydrogens is 242 g/mol. The molecule has 1 unspecified atom stereocenters. The van der Waals surface area contributed by atoms with Gasteiger partial charge in [-0.25, -0.2) is 0 Å². The average Bonchev–Trinajstić information content (AvgIpc) is 3.15. The molecule has 1 atom stereocenters. The van der Waals surface area contributed by atoms with Crippen LogP contribution in [0.25, 0.3) is 0 Å². The van der Waals surface area contributed by atoms with E-state index in [4.69, 9.17) is 0 Å². The van der Waals surface area contributed by atoms with Gasteiger partial charge in [0.1, 0.15) is 0 Å². The Morgan fingerprint density at radius 2 is 1.85 bits per heavy atom. The van der Waals surface area contributed by atoms with Crippen molar-refractivity contribution in [1.82, 2.24) is 5.32 Å². The normalized spacial score (nSPS) is 21.2. The highest BCUT2D eigenvalue weighted by atomic mass is 14.9. The van der Waals surface area contributed by atoms with Gasteiger partial charge in [-0.3, -0.25) is 0 Å². The molecule has 0 amide bonds. The van der Waals surface area contributed by atoms with Gasteiger partial charge in [0.2, 0.25) is 0 Å². The topological polar surface area (TPSA) is 12.0 Å². The summed E-state index contributed by atoms with van der Waals surface area (Å²) in [5, 5.41) is 3.77. The molecule has 0 aromatic heterocycles. The lowest BCUT2D eigenvalue weighted by molar-refractivity contribution is 0.356. The summed E-state index contributed by atoms with van der Waals surface area (Å²) in [7, 11) is 0. The van der Waals surface area contributed by atoms with Crippen molar-refractivity contribution < 1.29 is 0 Å². The maximum atomic E-state index is 3.77. The van der Waals surface area contributed by atoms with Gasteiger partial charge in [0.15, 0.2) is 0 Å². The van der Waals surface area contributed by atoms with Gasteiger partial charge in [-0.2, -0.15) is 0 Å². The predicted molar refractivity (Wildman–Crippen MR) is 86.0 cm³/mol. The molecule has 0 bridgehead atoms. The van der Waals surface area contributed by atoms with Crippen LogP contribution in [0.4, 0.5) is 0 Å². The van der Waals surface area contributed by atoms with E-state index >= 15 is 0 Å². The molecule has 0 spiro atoms. The van der Waals surface area contributed by atoms with E-state index in [-0.39, 0.29) is 0 Å². The Morgan fingerprint density at radius 3 is 2.55 bits per heavy atom. The van der Waals surface area contributed by atoms with Crippen molar-refractivity contribution >= 4 is 0 Å². The van der Waals surface area contributed by atoms with Crippen LogP contribution in [-0.2, 0) is 6.42 Å². The third-order valence-electron chi connectivity index (χ3n) is 5.18. The first-order chi connectivity index (χ1) is 9.81. The number of nitrogens with one attached hydrogen (secondary N) is 1. The van der Waals surface area contributed by atoms with Crippen LogP contribution in [-0.4, -0.2) is 12.6 Å². The lowest BCUT2D eigenvalue weighted by Crippen LogP contribution is -2.27. The van der Waals surface area contributed by atoms with Gasteiger partial charge in [0.05, 0.1) is 0 Å². The fourth-order valence-electron chi connectivity index (χ4n) is 3.73. The Bertz CT molecular complexity index is 416. The van der Waals surface area contributed by atoms with Gasteiger partial charge in [-0.15, -0.1) is 0 Å². The van der Waals surface area contributed by atoms with Crippen molar-refractivity contribution in [2.45, 2.75) is 64.3 Å². The van der Waals surface area contributed by atoms with E-state index < -0.39 is 0 Å². The zero-order valence-corrected chi connectivity index (χ0v) is 12.9. The van der Waals surface area contributed by atoms with E-state index in [1.807, 2.05) is 0 Å². The third kappa shape index (κ3) is 4.09. The molecule has 20 heavy (non-hydrogen) atoms. The Hall–Kier alpha value is -0.820.